The van der Waals surface area contributed by atoms with Gasteiger partial charge in [0, 0.05) is 24.8 Å². The Bertz CT molecular complexity index is 473. The maximum Gasteiger partial charge on any atom is 0.0843 e. The Hall–Kier alpha value is -1.53. The van der Waals surface area contributed by atoms with E-state index in [0.29, 0.717) is 18.5 Å². The average molecular weight is 257 g/mol. The number of nitrogens with one attached hydrogen (secondary N) is 1. The average Bonchev–Trinajstić information content (AvgIpc) is 2.84. The molecule has 0 amide bonds. The number of nitriles is 1. The lowest BCUT2D eigenvalue weighted by Gasteiger charge is -2.26. The van der Waals surface area contributed by atoms with E-state index in [-0.39, 0.29) is 0 Å². The summed E-state index contributed by atoms with van der Waals surface area (Å²) in [6, 6.07) is 9.18. The summed E-state index contributed by atoms with van der Waals surface area (Å²) >= 11 is 0. The van der Waals surface area contributed by atoms with Crippen LogP contribution < -0.4 is 10.2 Å². The Morgan fingerprint density at radius 2 is 2.26 bits per heavy atom. The molecule has 0 bridgehead atoms. The molecule has 3 nitrogen and oxygen atoms in total. The van der Waals surface area contributed by atoms with E-state index in [0.717, 1.165) is 19.5 Å². The first-order valence-corrected chi connectivity index (χ1v) is 7.08. The quantitative estimate of drug-likeness (QED) is 0.843. The zero-order valence-corrected chi connectivity index (χ0v) is 12.1. The lowest BCUT2D eigenvalue weighted by Crippen LogP contribution is -2.33. The molecule has 0 radical (unpaired) electrons. The van der Waals surface area contributed by atoms with E-state index in [4.69, 9.17) is 5.26 Å². The second kappa shape index (κ2) is 6.08. The third-order valence-corrected chi connectivity index (χ3v) is 3.87. The first kappa shape index (κ1) is 13.9. The molecule has 0 aliphatic carbocycles. The van der Waals surface area contributed by atoms with Crippen LogP contribution in [0.15, 0.2) is 18.2 Å². The third kappa shape index (κ3) is 3.08. The molecule has 1 aliphatic heterocycles. The highest BCUT2D eigenvalue weighted by atomic mass is 15.2. The van der Waals surface area contributed by atoms with Crippen LogP contribution in [0.5, 0.6) is 0 Å². The molecule has 1 aromatic rings. The van der Waals surface area contributed by atoms with Crippen LogP contribution in [0.2, 0.25) is 0 Å². The first-order valence-electron chi connectivity index (χ1n) is 7.08. The maximum atomic E-state index is 8.64. The number of hydrogen-bond donors (Lipinski definition) is 1. The highest BCUT2D eigenvalue weighted by Crippen LogP contribution is 2.32. The van der Waals surface area contributed by atoms with Gasteiger partial charge in [0.1, 0.15) is 0 Å². The molecule has 19 heavy (non-hydrogen) atoms. The largest absolute Gasteiger partial charge is 0.369 e. The summed E-state index contributed by atoms with van der Waals surface area (Å²) in [5.74, 6) is 0.543. The highest BCUT2D eigenvalue weighted by molar-refractivity contribution is 5.61. The van der Waals surface area contributed by atoms with Crippen LogP contribution in [0, 0.1) is 18.3 Å². The monoisotopic (exact) mass is 257 g/mol. The fraction of sp³-hybridized carbons (Fsp3) is 0.562. The van der Waals surface area contributed by atoms with Crippen molar-refractivity contribution in [3.05, 3.63) is 29.3 Å². The Labute approximate surface area is 116 Å². The zero-order valence-electron chi connectivity index (χ0n) is 12.1. The molecule has 1 aromatic carbocycles. The van der Waals surface area contributed by atoms with Gasteiger partial charge in [0.25, 0.3) is 0 Å². The van der Waals surface area contributed by atoms with E-state index >= 15 is 0 Å². The van der Waals surface area contributed by atoms with E-state index in [1.54, 1.807) is 0 Å². The number of hydrogen-bond acceptors (Lipinski definition) is 3. The van der Waals surface area contributed by atoms with Crippen LogP contribution >= 0.6 is 0 Å². The van der Waals surface area contributed by atoms with E-state index in [9.17, 15) is 0 Å². The van der Waals surface area contributed by atoms with E-state index in [1.807, 2.05) is 0 Å². The van der Waals surface area contributed by atoms with Crippen LogP contribution in [-0.4, -0.2) is 25.7 Å². The van der Waals surface area contributed by atoms with Crippen molar-refractivity contribution in [2.75, 3.05) is 24.5 Å². The summed E-state index contributed by atoms with van der Waals surface area (Å²) in [5, 5.41) is 11.9. The smallest absolute Gasteiger partial charge is 0.0843 e. The molecule has 1 atom stereocenters. The molecule has 1 saturated heterocycles. The first-order chi connectivity index (χ1) is 9.13. The van der Waals surface area contributed by atoms with Crippen molar-refractivity contribution in [1.29, 1.82) is 5.26 Å². The summed E-state index contributed by atoms with van der Waals surface area (Å²) in [6.45, 7) is 9.22. The van der Waals surface area contributed by atoms with Crippen LogP contribution in [0.4, 0.5) is 5.69 Å². The van der Waals surface area contributed by atoms with Gasteiger partial charge in [-0.05, 0) is 30.4 Å². The van der Waals surface area contributed by atoms with Crippen molar-refractivity contribution >= 4 is 5.69 Å². The van der Waals surface area contributed by atoms with Crippen LogP contribution in [0.1, 0.15) is 37.3 Å². The number of para-hydroxylation sites is 1. The molecule has 1 aliphatic rings. The molecule has 1 unspecified atom stereocenters. The van der Waals surface area contributed by atoms with Crippen molar-refractivity contribution in [3.8, 4) is 6.07 Å². The molecule has 2 rings (SSSR count). The number of aryl methyl sites for hydroxylation is 1. The number of rotatable bonds is 4. The molecule has 1 N–H and O–H groups in total. The normalized spacial score (nSPS) is 18.9. The SMILES string of the molecule is Cc1cccc(C(C)C)c1N1CCC(NCC#N)C1. The number of nitrogens with zero attached hydrogens (tertiary/aromatic N) is 2. The Morgan fingerprint density at radius 3 is 2.95 bits per heavy atom. The minimum Gasteiger partial charge on any atom is -0.369 e. The molecule has 0 aromatic heterocycles. The second-order valence-electron chi connectivity index (χ2n) is 5.64. The van der Waals surface area contributed by atoms with Gasteiger partial charge >= 0.3 is 0 Å². The fourth-order valence-electron chi connectivity index (χ4n) is 2.90. The fourth-order valence-corrected chi connectivity index (χ4v) is 2.90. The molecule has 0 saturated carbocycles. The van der Waals surface area contributed by atoms with Crippen molar-refractivity contribution in [2.24, 2.45) is 0 Å². The van der Waals surface area contributed by atoms with Gasteiger partial charge in [-0.15, -0.1) is 0 Å². The van der Waals surface area contributed by atoms with E-state index < -0.39 is 0 Å². The summed E-state index contributed by atoms with van der Waals surface area (Å²) in [4.78, 5) is 2.47. The van der Waals surface area contributed by atoms with Crippen LogP contribution in [-0.2, 0) is 0 Å². The van der Waals surface area contributed by atoms with Gasteiger partial charge < -0.3 is 4.90 Å². The number of anilines is 1. The second-order valence-corrected chi connectivity index (χ2v) is 5.64. The lowest BCUT2D eigenvalue weighted by atomic mass is 9.97. The molecule has 1 fully saturated rings. The van der Waals surface area contributed by atoms with E-state index in [1.165, 1.54) is 16.8 Å². The van der Waals surface area contributed by atoms with Crippen molar-refractivity contribution in [3.63, 3.8) is 0 Å². The van der Waals surface area contributed by atoms with Crippen molar-refractivity contribution in [1.82, 2.24) is 5.32 Å². The third-order valence-electron chi connectivity index (χ3n) is 3.87. The van der Waals surface area contributed by atoms with Gasteiger partial charge in [-0.3, -0.25) is 5.32 Å². The minimum atomic E-state index is 0.444. The standard InChI is InChI=1S/C16H23N3/c1-12(2)15-6-4-5-13(3)16(15)19-10-7-14(11-19)18-9-8-17/h4-6,12,14,18H,7,9-11H2,1-3H3. The Balaban J connectivity index is 2.17. The molecule has 3 heteroatoms. The summed E-state index contributed by atoms with van der Waals surface area (Å²) in [5.41, 5.74) is 4.19. The summed E-state index contributed by atoms with van der Waals surface area (Å²) in [6.07, 6.45) is 1.12. The van der Waals surface area contributed by atoms with Gasteiger partial charge in [0.2, 0.25) is 0 Å². The van der Waals surface area contributed by atoms with Gasteiger partial charge in [-0.25, -0.2) is 0 Å². The molecular weight excluding hydrogens is 234 g/mol. The van der Waals surface area contributed by atoms with Crippen molar-refractivity contribution < 1.29 is 0 Å². The molecule has 1 heterocycles. The van der Waals surface area contributed by atoms with Gasteiger partial charge in [-0.2, -0.15) is 5.26 Å². The predicted molar refractivity (Wildman–Crippen MR) is 79.5 cm³/mol. The topological polar surface area (TPSA) is 39.1 Å². The molecule has 102 valence electrons. The lowest BCUT2D eigenvalue weighted by molar-refractivity contribution is 0.591. The number of benzene rings is 1. The van der Waals surface area contributed by atoms with Crippen LogP contribution in [0.3, 0.4) is 0 Å². The van der Waals surface area contributed by atoms with Gasteiger partial charge in [0.05, 0.1) is 12.6 Å². The predicted octanol–water partition coefficient (Wildman–Crippen LogP) is 2.81. The van der Waals surface area contributed by atoms with Crippen LogP contribution in [0.25, 0.3) is 0 Å². The Morgan fingerprint density at radius 1 is 1.47 bits per heavy atom. The minimum absolute atomic E-state index is 0.444. The highest BCUT2D eigenvalue weighted by Gasteiger charge is 2.25. The molecule has 0 spiro atoms. The van der Waals surface area contributed by atoms with E-state index in [2.05, 4.69) is 55.3 Å². The van der Waals surface area contributed by atoms with Gasteiger partial charge in [-0.1, -0.05) is 32.0 Å². The van der Waals surface area contributed by atoms with Gasteiger partial charge in [0.15, 0.2) is 0 Å². The molecular formula is C16H23N3. The zero-order chi connectivity index (χ0) is 13.8. The van der Waals surface area contributed by atoms with Crippen molar-refractivity contribution in [2.45, 2.75) is 39.2 Å². The summed E-state index contributed by atoms with van der Waals surface area (Å²) in [7, 11) is 0. The summed E-state index contributed by atoms with van der Waals surface area (Å²) < 4.78 is 0. The Kier molecular flexibility index (Phi) is 4.44. The maximum absolute atomic E-state index is 8.64.